The van der Waals surface area contributed by atoms with Gasteiger partial charge in [0.1, 0.15) is 6.29 Å². The van der Waals surface area contributed by atoms with E-state index >= 15 is 0 Å². The summed E-state index contributed by atoms with van der Waals surface area (Å²) in [7, 11) is 0. The standard InChI is InChI=1S/C5H7NO/c1-2-3-6-4-5-7/h1,5-6H,3-4H2. The molecular weight excluding hydrogens is 90.1 g/mol. The minimum absolute atomic E-state index is 0.351. The van der Waals surface area contributed by atoms with E-state index in [2.05, 4.69) is 11.2 Å². The number of rotatable bonds is 3. The van der Waals surface area contributed by atoms with Crippen molar-refractivity contribution in [2.24, 2.45) is 0 Å². The Labute approximate surface area is 42.9 Å². The summed E-state index contributed by atoms with van der Waals surface area (Å²) in [6, 6.07) is 0. The second-order valence-electron chi connectivity index (χ2n) is 1.00. The van der Waals surface area contributed by atoms with Gasteiger partial charge in [0.15, 0.2) is 0 Å². The third-order valence-corrected chi connectivity index (χ3v) is 0.455. The summed E-state index contributed by atoms with van der Waals surface area (Å²) in [5, 5.41) is 2.68. The van der Waals surface area contributed by atoms with Crippen molar-refractivity contribution in [3.05, 3.63) is 0 Å². The van der Waals surface area contributed by atoms with Crippen molar-refractivity contribution in [1.82, 2.24) is 5.32 Å². The predicted octanol–water partition coefficient (Wildman–Crippen LogP) is -0.592. The highest BCUT2D eigenvalue weighted by Crippen LogP contribution is 1.47. The van der Waals surface area contributed by atoms with Crippen LogP contribution in [-0.2, 0) is 4.79 Å². The van der Waals surface area contributed by atoms with Gasteiger partial charge in [0.25, 0.3) is 0 Å². The Morgan fingerprint density at radius 1 is 1.86 bits per heavy atom. The van der Waals surface area contributed by atoms with Crippen LogP contribution < -0.4 is 5.32 Å². The van der Waals surface area contributed by atoms with E-state index < -0.39 is 0 Å². The Balaban J connectivity index is 2.72. The van der Waals surface area contributed by atoms with Crippen LogP contribution in [0.2, 0.25) is 0 Å². The topological polar surface area (TPSA) is 29.1 Å². The molecule has 0 atom stereocenters. The summed E-state index contributed by atoms with van der Waals surface area (Å²) >= 11 is 0. The lowest BCUT2D eigenvalue weighted by atomic mass is 10.6. The Morgan fingerprint density at radius 3 is 3.00 bits per heavy atom. The van der Waals surface area contributed by atoms with Gasteiger partial charge in [0, 0.05) is 0 Å². The lowest BCUT2D eigenvalue weighted by molar-refractivity contribution is -0.107. The summed E-state index contributed by atoms with van der Waals surface area (Å²) < 4.78 is 0. The third-order valence-electron chi connectivity index (χ3n) is 0.455. The smallest absolute Gasteiger partial charge is 0.133 e. The molecule has 0 aliphatic rings. The van der Waals surface area contributed by atoms with Crippen LogP contribution in [0.4, 0.5) is 0 Å². The highest BCUT2D eigenvalue weighted by atomic mass is 16.1. The van der Waals surface area contributed by atoms with Crippen molar-refractivity contribution in [2.45, 2.75) is 0 Å². The number of carbonyl (C=O) groups excluding carboxylic acids is 1. The van der Waals surface area contributed by atoms with E-state index in [1.165, 1.54) is 0 Å². The molecule has 0 aromatic heterocycles. The normalized spacial score (nSPS) is 7.29. The molecule has 0 spiro atoms. The van der Waals surface area contributed by atoms with Gasteiger partial charge in [-0.1, -0.05) is 5.92 Å². The number of nitrogens with one attached hydrogen (secondary N) is 1. The van der Waals surface area contributed by atoms with Gasteiger partial charge in [-0.3, -0.25) is 5.32 Å². The first-order valence-electron chi connectivity index (χ1n) is 1.99. The molecule has 7 heavy (non-hydrogen) atoms. The second kappa shape index (κ2) is 5.19. The summed E-state index contributed by atoms with van der Waals surface area (Å²) in [6.45, 7) is 0.822. The highest BCUT2D eigenvalue weighted by Gasteiger charge is 1.73. The molecule has 0 unspecified atom stereocenters. The van der Waals surface area contributed by atoms with Gasteiger partial charge in [0.05, 0.1) is 13.1 Å². The molecule has 0 bridgehead atoms. The molecular formula is C5H7NO. The molecule has 0 aromatic carbocycles. The van der Waals surface area contributed by atoms with Crippen LogP contribution in [0.5, 0.6) is 0 Å². The van der Waals surface area contributed by atoms with Crippen LogP contribution >= 0.6 is 0 Å². The van der Waals surface area contributed by atoms with Crippen LogP contribution in [0.3, 0.4) is 0 Å². The Bertz CT molecular complexity index is 82.6. The number of aldehydes is 1. The van der Waals surface area contributed by atoms with Crippen molar-refractivity contribution >= 4 is 6.29 Å². The fourth-order valence-electron chi connectivity index (χ4n) is 0.203. The molecule has 0 fully saturated rings. The first-order valence-corrected chi connectivity index (χ1v) is 1.99. The largest absolute Gasteiger partial charge is 0.302 e. The van der Waals surface area contributed by atoms with Crippen LogP contribution in [0.15, 0.2) is 0 Å². The van der Waals surface area contributed by atoms with E-state index in [9.17, 15) is 4.79 Å². The number of hydrogen-bond donors (Lipinski definition) is 1. The third kappa shape index (κ3) is 5.19. The van der Waals surface area contributed by atoms with Crippen molar-refractivity contribution in [3.8, 4) is 12.3 Å². The molecule has 0 rings (SSSR count). The summed E-state index contributed by atoms with van der Waals surface area (Å²) in [5.41, 5.74) is 0. The fraction of sp³-hybridized carbons (Fsp3) is 0.400. The van der Waals surface area contributed by atoms with Crippen molar-refractivity contribution in [2.75, 3.05) is 13.1 Å². The molecule has 1 N–H and O–H groups in total. The van der Waals surface area contributed by atoms with Gasteiger partial charge in [-0.25, -0.2) is 0 Å². The van der Waals surface area contributed by atoms with E-state index in [0.717, 1.165) is 6.29 Å². The second-order valence-corrected chi connectivity index (χ2v) is 1.00. The molecule has 2 heteroatoms. The van der Waals surface area contributed by atoms with Crippen LogP contribution in [0.1, 0.15) is 0 Å². The van der Waals surface area contributed by atoms with Gasteiger partial charge in [-0.2, -0.15) is 0 Å². The van der Waals surface area contributed by atoms with Crippen molar-refractivity contribution in [1.29, 1.82) is 0 Å². The van der Waals surface area contributed by atoms with Crippen LogP contribution in [0.25, 0.3) is 0 Å². The lowest BCUT2D eigenvalue weighted by Crippen LogP contribution is -2.15. The van der Waals surface area contributed by atoms with E-state index in [4.69, 9.17) is 6.42 Å². The summed E-state index contributed by atoms with van der Waals surface area (Å²) in [6.07, 6.45) is 5.62. The summed E-state index contributed by atoms with van der Waals surface area (Å²) in [4.78, 5) is 9.55. The molecule has 2 nitrogen and oxygen atoms in total. The molecule has 0 aliphatic carbocycles. The van der Waals surface area contributed by atoms with Crippen LogP contribution in [0, 0.1) is 12.3 Å². The average molecular weight is 97.1 g/mol. The monoisotopic (exact) mass is 97.1 g/mol. The molecule has 0 saturated carbocycles. The molecule has 0 aromatic rings. The average Bonchev–Trinajstić information content (AvgIpc) is 1.69. The maximum Gasteiger partial charge on any atom is 0.133 e. The van der Waals surface area contributed by atoms with E-state index in [1.54, 1.807) is 0 Å². The van der Waals surface area contributed by atoms with E-state index in [0.29, 0.717) is 13.1 Å². The number of carbonyl (C=O) groups is 1. The minimum Gasteiger partial charge on any atom is -0.302 e. The molecule has 0 heterocycles. The van der Waals surface area contributed by atoms with Crippen LogP contribution in [-0.4, -0.2) is 19.4 Å². The lowest BCUT2D eigenvalue weighted by Gasteiger charge is -1.85. The Hall–Kier alpha value is -0.810. The highest BCUT2D eigenvalue weighted by molar-refractivity contribution is 5.51. The van der Waals surface area contributed by atoms with E-state index in [1.807, 2.05) is 0 Å². The number of hydrogen-bond acceptors (Lipinski definition) is 2. The molecule has 0 amide bonds. The van der Waals surface area contributed by atoms with Gasteiger partial charge in [-0.15, -0.1) is 6.42 Å². The van der Waals surface area contributed by atoms with Gasteiger partial charge >= 0.3 is 0 Å². The first-order chi connectivity index (χ1) is 3.41. The predicted molar refractivity (Wildman–Crippen MR) is 27.8 cm³/mol. The minimum atomic E-state index is 0.351. The van der Waals surface area contributed by atoms with Gasteiger partial charge in [-0.05, 0) is 0 Å². The van der Waals surface area contributed by atoms with Crippen molar-refractivity contribution in [3.63, 3.8) is 0 Å². The zero-order chi connectivity index (χ0) is 5.54. The molecule has 0 saturated heterocycles. The maximum absolute atomic E-state index is 9.55. The van der Waals surface area contributed by atoms with Gasteiger partial charge in [0.2, 0.25) is 0 Å². The van der Waals surface area contributed by atoms with Crippen molar-refractivity contribution < 1.29 is 4.79 Å². The molecule has 38 valence electrons. The first kappa shape index (κ1) is 6.19. The maximum atomic E-state index is 9.55. The summed E-state index contributed by atoms with van der Waals surface area (Å²) in [5.74, 6) is 2.33. The Morgan fingerprint density at radius 2 is 2.57 bits per heavy atom. The molecule has 0 aliphatic heterocycles. The fourth-order valence-corrected chi connectivity index (χ4v) is 0.203. The van der Waals surface area contributed by atoms with E-state index in [-0.39, 0.29) is 0 Å². The SMILES string of the molecule is C#CCNCC=O. The number of terminal acetylenes is 1. The zero-order valence-corrected chi connectivity index (χ0v) is 3.98. The Kier molecular flexibility index (Phi) is 4.59. The molecule has 0 radical (unpaired) electrons. The zero-order valence-electron chi connectivity index (χ0n) is 3.98. The van der Waals surface area contributed by atoms with Gasteiger partial charge < -0.3 is 4.79 Å². The quantitative estimate of drug-likeness (QED) is 0.289.